The van der Waals surface area contributed by atoms with E-state index in [2.05, 4.69) is 15.6 Å². The number of carbonyl (C=O) groups is 3. The van der Waals surface area contributed by atoms with Crippen LogP contribution in [-0.2, 0) is 25.5 Å². The number of esters is 1. The monoisotopic (exact) mass is 423 g/mol. The van der Waals surface area contributed by atoms with Crippen molar-refractivity contribution < 1.29 is 23.9 Å². The lowest BCUT2D eigenvalue weighted by Gasteiger charge is -2.20. The molecule has 8 nitrogen and oxygen atoms in total. The quantitative estimate of drug-likeness (QED) is 0.483. The second-order valence-electron chi connectivity index (χ2n) is 7.09. The summed E-state index contributed by atoms with van der Waals surface area (Å²) >= 11 is 0. The Morgan fingerprint density at radius 1 is 1.06 bits per heavy atom. The van der Waals surface area contributed by atoms with E-state index in [1.54, 1.807) is 30.5 Å². The van der Waals surface area contributed by atoms with Crippen molar-refractivity contribution in [2.45, 2.75) is 32.4 Å². The molecule has 2 atom stereocenters. The number of carbonyl (C=O) groups excluding carboxylic acids is 3. The molecule has 3 aromatic rings. The molecule has 0 bridgehead atoms. The lowest BCUT2D eigenvalue weighted by molar-refractivity contribution is -0.156. The Balaban J connectivity index is 1.69. The Hall–Kier alpha value is -3.81. The van der Waals surface area contributed by atoms with E-state index in [1.807, 2.05) is 24.3 Å². The third-order valence-corrected chi connectivity index (χ3v) is 4.79. The average molecular weight is 423 g/mol. The highest BCUT2D eigenvalue weighted by Crippen LogP contribution is 2.23. The van der Waals surface area contributed by atoms with Crippen LogP contribution in [0.1, 0.15) is 19.4 Å². The summed E-state index contributed by atoms with van der Waals surface area (Å²) in [6.07, 6.45) is 0.949. The molecule has 0 saturated heterocycles. The fourth-order valence-electron chi connectivity index (χ4n) is 3.25. The summed E-state index contributed by atoms with van der Waals surface area (Å²) in [6, 6.07) is 13.7. The Kier molecular flexibility index (Phi) is 6.92. The van der Waals surface area contributed by atoms with Crippen molar-refractivity contribution in [3.63, 3.8) is 0 Å². The van der Waals surface area contributed by atoms with E-state index in [0.29, 0.717) is 11.4 Å². The van der Waals surface area contributed by atoms with Crippen LogP contribution in [0.4, 0.5) is 5.69 Å². The summed E-state index contributed by atoms with van der Waals surface area (Å²) in [4.78, 5) is 40.1. The molecule has 3 rings (SSSR count). The summed E-state index contributed by atoms with van der Waals surface area (Å²) < 4.78 is 10.6. The Morgan fingerprint density at radius 2 is 1.77 bits per heavy atom. The van der Waals surface area contributed by atoms with Crippen LogP contribution in [0.25, 0.3) is 10.9 Å². The van der Waals surface area contributed by atoms with Crippen LogP contribution in [0.2, 0.25) is 0 Å². The number of aromatic nitrogens is 1. The molecule has 0 aliphatic carbocycles. The van der Waals surface area contributed by atoms with Crippen LogP contribution in [0, 0.1) is 0 Å². The minimum atomic E-state index is -1.07. The molecule has 3 N–H and O–H groups in total. The van der Waals surface area contributed by atoms with Gasteiger partial charge >= 0.3 is 5.97 Å². The van der Waals surface area contributed by atoms with E-state index >= 15 is 0 Å². The zero-order valence-electron chi connectivity index (χ0n) is 17.6. The van der Waals surface area contributed by atoms with Crippen molar-refractivity contribution in [2.24, 2.45) is 0 Å². The number of nitrogens with one attached hydrogen (secondary N) is 3. The van der Waals surface area contributed by atoms with Gasteiger partial charge in [-0.05, 0) is 30.7 Å². The van der Waals surface area contributed by atoms with E-state index in [4.69, 9.17) is 9.47 Å². The molecule has 8 heteroatoms. The molecule has 0 aliphatic rings. The molecule has 2 aromatic carbocycles. The number of anilines is 1. The standard InChI is InChI=1S/C23H25N3O5/c1-14(22(28)26-19-10-6-7-11-21(19)30-3)31-23(29)20(25-15(2)27)12-16-13-24-18-9-5-4-8-17(16)18/h4-11,13-14,20,24H,12H2,1-3H3,(H,25,27)(H,26,28)/t14-,20-/m0/s1. The van der Waals surface area contributed by atoms with E-state index in [9.17, 15) is 14.4 Å². The number of fused-ring (bicyclic) bond motifs is 1. The van der Waals surface area contributed by atoms with Gasteiger partial charge in [-0.3, -0.25) is 9.59 Å². The molecule has 0 radical (unpaired) electrons. The molecular formula is C23H25N3O5. The summed E-state index contributed by atoms with van der Waals surface area (Å²) in [5, 5.41) is 6.25. The smallest absolute Gasteiger partial charge is 0.329 e. The lowest BCUT2D eigenvalue weighted by atomic mass is 10.0. The third-order valence-electron chi connectivity index (χ3n) is 4.79. The van der Waals surface area contributed by atoms with Gasteiger partial charge in [0.25, 0.3) is 5.91 Å². The van der Waals surface area contributed by atoms with Crippen LogP contribution in [0.3, 0.4) is 0 Å². The van der Waals surface area contributed by atoms with E-state index < -0.39 is 24.0 Å². The van der Waals surface area contributed by atoms with Crippen LogP contribution < -0.4 is 15.4 Å². The fraction of sp³-hybridized carbons (Fsp3) is 0.261. The SMILES string of the molecule is COc1ccccc1NC(=O)[C@H](C)OC(=O)[C@H](Cc1c[nH]c2ccccc12)NC(C)=O. The largest absolute Gasteiger partial charge is 0.495 e. The van der Waals surface area contributed by atoms with Gasteiger partial charge in [0.1, 0.15) is 11.8 Å². The van der Waals surface area contributed by atoms with Gasteiger partial charge in [-0.25, -0.2) is 4.79 Å². The third kappa shape index (κ3) is 5.42. The number of para-hydroxylation sites is 3. The topological polar surface area (TPSA) is 110 Å². The molecule has 0 fully saturated rings. The Morgan fingerprint density at radius 3 is 2.52 bits per heavy atom. The van der Waals surface area contributed by atoms with Crippen molar-refractivity contribution in [1.29, 1.82) is 0 Å². The Labute approximate surface area is 179 Å². The van der Waals surface area contributed by atoms with Gasteiger partial charge in [0.15, 0.2) is 6.10 Å². The van der Waals surface area contributed by atoms with Crippen LogP contribution in [0.15, 0.2) is 54.7 Å². The highest BCUT2D eigenvalue weighted by atomic mass is 16.5. The molecule has 31 heavy (non-hydrogen) atoms. The number of rotatable bonds is 8. The fourth-order valence-corrected chi connectivity index (χ4v) is 3.25. The van der Waals surface area contributed by atoms with Crippen molar-refractivity contribution in [1.82, 2.24) is 10.3 Å². The van der Waals surface area contributed by atoms with E-state index in [1.165, 1.54) is 21.0 Å². The normalized spacial score (nSPS) is 12.6. The number of benzene rings is 2. The number of methoxy groups -OCH3 is 1. The summed E-state index contributed by atoms with van der Waals surface area (Å²) in [5.74, 6) is -1.08. The number of hydrogen-bond acceptors (Lipinski definition) is 5. The lowest BCUT2D eigenvalue weighted by Crippen LogP contribution is -2.44. The number of ether oxygens (including phenoxy) is 2. The highest BCUT2D eigenvalue weighted by molar-refractivity contribution is 5.97. The first-order chi connectivity index (χ1) is 14.9. The predicted octanol–water partition coefficient (Wildman–Crippen LogP) is 2.79. The van der Waals surface area contributed by atoms with Gasteiger partial charge in [-0.1, -0.05) is 30.3 Å². The molecule has 0 unspecified atom stereocenters. The molecule has 0 saturated carbocycles. The first kappa shape index (κ1) is 21.9. The summed E-state index contributed by atoms with van der Waals surface area (Å²) in [5.41, 5.74) is 2.25. The number of amides is 2. The molecule has 1 heterocycles. The maximum Gasteiger partial charge on any atom is 0.329 e. The predicted molar refractivity (Wildman–Crippen MR) is 117 cm³/mol. The van der Waals surface area contributed by atoms with Crippen molar-refractivity contribution >= 4 is 34.4 Å². The number of aromatic amines is 1. The van der Waals surface area contributed by atoms with Crippen molar-refractivity contribution in [3.8, 4) is 5.75 Å². The van der Waals surface area contributed by atoms with Crippen LogP contribution in [0.5, 0.6) is 5.75 Å². The molecule has 0 spiro atoms. The summed E-state index contributed by atoms with van der Waals surface area (Å²) in [7, 11) is 1.50. The average Bonchev–Trinajstić information content (AvgIpc) is 3.16. The zero-order valence-corrected chi connectivity index (χ0v) is 17.6. The first-order valence-electron chi connectivity index (χ1n) is 9.85. The maximum absolute atomic E-state index is 12.8. The minimum Gasteiger partial charge on any atom is -0.495 e. The molecular weight excluding hydrogens is 398 g/mol. The van der Waals surface area contributed by atoms with Crippen molar-refractivity contribution in [2.75, 3.05) is 12.4 Å². The minimum absolute atomic E-state index is 0.225. The van der Waals surface area contributed by atoms with E-state index in [0.717, 1.165) is 16.5 Å². The van der Waals surface area contributed by atoms with Gasteiger partial charge in [0, 0.05) is 30.4 Å². The second kappa shape index (κ2) is 9.80. The van der Waals surface area contributed by atoms with Crippen LogP contribution >= 0.6 is 0 Å². The van der Waals surface area contributed by atoms with Crippen molar-refractivity contribution in [3.05, 3.63) is 60.3 Å². The highest BCUT2D eigenvalue weighted by Gasteiger charge is 2.27. The Bertz CT molecular complexity index is 1090. The number of H-pyrrole nitrogens is 1. The van der Waals surface area contributed by atoms with Crippen LogP contribution in [-0.4, -0.2) is 42.0 Å². The van der Waals surface area contributed by atoms with Gasteiger partial charge in [-0.2, -0.15) is 0 Å². The molecule has 1 aromatic heterocycles. The first-order valence-corrected chi connectivity index (χ1v) is 9.85. The second-order valence-corrected chi connectivity index (χ2v) is 7.09. The maximum atomic E-state index is 12.8. The van der Waals surface area contributed by atoms with E-state index in [-0.39, 0.29) is 12.3 Å². The van der Waals surface area contributed by atoms with Gasteiger partial charge < -0.3 is 25.1 Å². The summed E-state index contributed by atoms with van der Waals surface area (Å²) in [6.45, 7) is 2.80. The van der Waals surface area contributed by atoms with Gasteiger partial charge in [-0.15, -0.1) is 0 Å². The zero-order chi connectivity index (χ0) is 22.4. The molecule has 162 valence electrons. The van der Waals surface area contributed by atoms with Gasteiger partial charge in [0.05, 0.1) is 12.8 Å². The van der Waals surface area contributed by atoms with Gasteiger partial charge in [0.2, 0.25) is 5.91 Å². The molecule has 0 aliphatic heterocycles. The number of hydrogen-bond donors (Lipinski definition) is 3. The molecule has 2 amide bonds.